The quantitative estimate of drug-likeness (QED) is 0.211. The average molecular weight is 438 g/mol. The van der Waals surface area contributed by atoms with E-state index in [-0.39, 0.29) is 5.69 Å². The highest BCUT2D eigenvalue weighted by atomic mass is 32.1. The third-order valence-electron chi connectivity index (χ3n) is 4.56. The molecule has 0 amide bonds. The third-order valence-corrected chi connectivity index (χ3v) is 4.84. The van der Waals surface area contributed by atoms with E-state index in [4.69, 9.17) is 5.73 Å². The molecule has 0 fully saturated rings. The van der Waals surface area contributed by atoms with E-state index in [1.807, 2.05) is 24.3 Å². The largest absolute Gasteiger partial charge is 0.416 e. The zero-order chi connectivity index (χ0) is 22.0. The molecule has 0 aliphatic heterocycles. The van der Waals surface area contributed by atoms with E-state index < -0.39 is 11.7 Å². The molecule has 5 rings (SSSR count). The minimum atomic E-state index is -4.30. The number of pyridine rings is 1. The van der Waals surface area contributed by atoms with E-state index in [9.17, 15) is 13.2 Å². The maximum atomic E-state index is 11.9. The van der Waals surface area contributed by atoms with E-state index >= 15 is 0 Å². The summed E-state index contributed by atoms with van der Waals surface area (Å²) in [7, 11) is 0. The number of nitrogens with zero attached hydrogens (tertiary/aromatic N) is 2. The van der Waals surface area contributed by atoms with E-state index in [0.29, 0.717) is 0 Å². The van der Waals surface area contributed by atoms with Gasteiger partial charge in [-0.3, -0.25) is 4.98 Å². The first-order chi connectivity index (χ1) is 14.8. The Labute approximate surface area is 181 Å². The molecule has 3 N–H and O–H groups in total. The van der Waals surface area contributed by atoms with Gasteiger partial charge in [0.25, 0.3) is 0 Å². The number of fused-ring (bicyclic) bond motifs is 2. The number of nitrogen functional groups attached to an aromatic ring is 1. The topological polar surface area (TPSA) is 67.6 Å². The molecule has 0 aliphatic carbocycles. The summed E-state index contributed by atoms with van der Waals surface area (Å²) in [5.41, 5.74) is 8.51. The molecule has 156 valence electrons. The van der Waals surface area contributed by atoms with E-state index in [0.717, 1.165) is 50.4 Å². The number of nitrogens with two attached hydrogens (primary N) is 1. The van der Waals surface area contributed by atoms with Crippen LogP contribution in [0.25, 0.3) is 33.3 Å². The van der Waals surface area contributed by atoms with Crippen molar-refractivity contribution in [1.82, 2.24) is 15.0 Å². The number of thiol groups is 1. The number of imidazole rings is 1. The van der Waals surface area contributed by atoms with Crippen molar-refractivity contribution >= 4 is 40.3 Å². The minimum absolute atomic E-state index is 0.125. The van der Waals surface area contributed by atoms with Crippen molar-refractivity contribution < 1.29 is 13.2 Å². The first-order valence-electron chi connectivity index (χ1n) is 9.26. The Morgan fingerprint density at radius 1 is 0.871 bits per heavy atom. The highest BCUT2D eigenvalue weighted by Gasteiger charge is 2.30. The van der Waals surface area contributed by atoms with Crippen LogP contribution in [0, 0.1) is 0 Å². The Kier molecular flexibility index (Phi) is 5.56. The van der Waals surface area contributed by atoms with Gasteiger partial charge in [0.2, 0.25) is 0 Å². The van der Waals surface area contributed by atoms with Gasteiger partial charge in [-0.25, -0.2) is 4.98 Å². The van der Waals surface area contributed by atoms with E-state index in [1.54, 1.807) is 6.20 Å². The number of nitrogens with one attached hydrogen (secondary N) is 1. The molecule has 0 bridgehead atoms. The Balaban J connectivity index is 0.000000180. The lowest BCUT2D eigenvalue weighted by atomic mass is 10.1. The predicted octanol–water partition coefficient (Wildman–Crippen LogP) is 6.35. The summed E-state index contributed by atoms with van der Waals surface area (Å²) in [5, 5.41) is 1.13. The fourth-order valence-corrected chi connectivity index (χ4v) is 3.27. The van der Waals surface area contributed by atoms with Crippen LogP contribution in [0.5, 0.6) is 0 Å². The van der Waals surface area contributed by atoms with Gasteiger partial charge in [-0.1, -0.05) is 24.3 Å². The lowest BCUT2D eigenvalue weighted by molar-refractivity contribution is -0.137. The van der Waals surface area contributed by atoms with Gasteiger partial charge in [0.15, 0.2) is 0 Å². The van der Waals surface area contributed by atoms with Gasteiger partial charge in [-0.2, -0.15) is 13.2 Å². The van der Waals surface area contributed by atoms with Crippen molar-refractivity contribution in [2.45, 2.75) is 11.1 Å². The monoisotopic (exact) mass is 438 g/mol. The number of benzene rings is 3. The molecule has 4 nitrogen and oxygen atoms in total. The molecule has 0 saturated heterocycles. The third kappa shape index (κ3) is 4.80. The normalized spacial score (nSPS) is 11.4. The number of anilines is 1. The minimum Gasteiger partial charge on any atom is -0.399 e. The summed E-state index contributed by atoms with van der Waals surface area (Å²) in [5.74, 6) is 0.853. The van der Waals surface area contributed by atoms with Crippen molar-refractivity contribution in [2.75, 3.05) is 5.73 Å². The number of hydrogen-bond donors (Lipinski definition) is 3. The second kappa shape index (κ2) is 8.31. The second-order valence-corrected chi connectivity index (χ2v) is 7.34. The van der Waals surface area contributed by atoms with Crippen molar-refractivity contribution in [2.24, 2.45) is 0 Å². The Hall–Kier alpha value is -3.52. The van der Waals surface area contributed by atoms with Crippen LogP contribution in [0.1, 0.15) is 5.56 Å². The molecule has 0 aliphatic rings. The van der Waals surface area contributed by atoms with E-state index in [1.165, 1.54) is 12.1 Å². The van der Waals surface area contributed by atoms with Gasteiger partial charge in [0.1, 0.15) is 5.82 Å². The summed E-state index contributed by atoms with van der Waals surface area (Å²) in [4.78, 5) is 13.2. The number of aromatic amines is 1. The van der Waals surface area contributed by atoms with Gasteiger partial charge in [-0.15, -0.1) is 12.6 Å². The maximum absolute atomic E-state index is 11.9. The summed E-state index contributed by atoms with van der Waals surface area (Å²) in [6, 6.07) is 20.6. The highest BCUT2D eigenvalue weighted by Crippen LogP contribution is 2.30. The predicted molar refractivity (Wildman–Crippen MR) is 120 cm³/mol. The Morgan fingerprint density at radius 3 is 2.45 bits per heavy atom. The number of H-pyrrole nitrogens is 1. The number of aromatic nitrogens is 3. The number of hydrogen-bond acceptors (Lipinski definition) is 4. The van der Waals surface area contributed by atoms with Crippen LogP contribution >= 0.6 is 12.6 Å². The zero-order valence-corrected chi connectivity index (χ0v) is 17.0. The smallest absolute Gasteiger partial charge is 0.399 e. The van der Waals surface area contributed by atoms with Crippen molar-refractivity contribution in [3.8, 4) is 11.4 Å². The van der Waals surface area contributed by atoms with E-state index in [2.05, 4.69) is 51.8 Å². The zero-order valence-electron chi connectivity index (χ0n) is 16.1. The van der Waals surface area contributed by atoms with Crippen molar-refractivity contribution in [3.63, 3.8) is 0 Å². The lowest BCUT2D eigenvalue weighted by Gasteiger charge is -2.05. The number of alkyl halides is 3. The molecule has 5 aromatic rings. The van der Waals surface area contributed by atoms with Crippen molar-refractivity contribution in [1.29, 1.82) is 0 Å². The molecular weight excluding hydrogens is 421 g/mol. The molecule has 0 atom stereocenters. The van der Waals surface area contributed by atoms with Crippen LogP contribution in [-0.2, 0) is 6.18 Å². The molecule has 0 radical (unpaired) electrons. The Bertz CT molecular complexity index is 1360. The first kappa shape index (κ1) is 20.7. The summed E-state index contributed by atoms with van der Waals surface area (Å²) in [6.45, 7) is 0. The van der Waals surface area contributed by atoms with Crippen LogP contribution in [0.3, 0.4) is 0 Å². The average Bonchev–Trinajstić information content (AvgIpc) is 3.16. The Morgan fingerprint density at radius 2 is 1.71 bits per heavy atom. The highest BCUT2D eigenvalue weighted by molar-refractivity contribution is 7.80. The fraction of sp³-hybridized carbons (Fsp3) is 0.0435. The second-order valence-electron chi connectivity index (χ2n) is 6.82. The first-order valence-corrected chi connectivity index (χ1v) is 9.71. The molecule has 31 heavy (non-hydrogen) atoms. The molecule has 2 heterocycles. The van der Waals surface area contributed by atoms with Gasteiger partial charge in [-0.05, 0) is 48.5 Å². The van der Waals surface area contributed by atoms with Crippen molar-refractivity contribution in [3.05, 3.63) is 84.6 Å². The number of halogens is 3. The van der Waals surface area contributed by atoms with Crippen LogP contribution in [0.2, 0.25) is 0 Å². The van der Waals surface area contributed by atoms with Gasteiger partial charge in [0.05, 0.1) is 22.1 Å². The van der Waals surface area contributed by atoms with Crippen LogP contribution < -0.4 is 5.73 Å². The summed E-state index contributed by atoms with van der Waals surface area (Å²) >= 11 is 4.35. The maximum Gasteiger partial charge on any atom is 0.416 e. The molecule has 0 unspecified atom stereocenters. The fourth-order valence-electron chi connectivity index (χ4n) is 3.06. The van der Waals surface area contributed by atoms with Gasteiger partial charge in [0, 0.05) is 27.7 Å². The van der Waals surface area contributed by atoms with Crippen LogP contribution in [0.15, 0.2) is 83.9 Å². The number of rotatable bonds is 1. The lowest BCUT2D eigenvalue weighted by Crippen LogP contribution is -2.04. The standard InChI is InChI=1S/C16H11N3S.C7H6F3N/c20-12-5-6-13-15(9-12)19-16(18-13)11-4-3-10-2-1-7-17-14(10)8-11;8-7(9,10)5-2-1-3-6(11)4-5/h1-9,20H,(H,18,19);1-4H,11H2. The molecule has 8 heteroatoms. The molecule has 0 spiro atoms. The molecule has 0 saturated carbocycles. The summed E-state index contributed by atoms with van der Waals surface area (Å²) in [6.07, 6.45) is -2.49. The molecule has 2 aromatic heterocycles. The van der Waals surface area contributed by atoms with Gasteiger partial charge < -0.3 is 10.7 Å². The summed E-state index contributed by atoms with van der Waals surface area (Å²) < 4.78 is 35.7. The SMILES string of the molecule is Nc1cccc(C(F)(F)F)c1.Sc1ccc2nc(-c3ccc4cccnc4c3)[nH]c2c1. The van der Waals surface area contributed by atoms with Gasteiger partial charge >= 0.3 is 6.18 Å². The van der Waals surface area contributed by atoms with Crippen LogP contribution in [0.4, 0.5) is 18.9 Å². The molecular formula is C23H17F3N4S. The molecule has 3 aromatic carbocycles. The van der Waals surface area contributed by atoms with Crippen LogP contribution in [-0.4, -0.2) is 15.0 Å².